The highest BCUT2D eigenvalue weighted by Gasteiger charge is 2.30. The summed E-state index contributed by atoms with van der Waals surface area (Å²) in [5, 5.41) is 0. The number of amides is 2. The number of nitrogens with one attached hydrogen (secondary N) is 2. The summed E-state index contributed by atoms with van der Waals surface area (Å²) in [5.74, 6) is -0.688. The Hall–Kier alpha value is -2.75. The molecule has 0 aromatic heterocycles. The topological polar surface area (TPSA) is 98.8 Å². The molecule has 0 bridgehead atoms. The third kappa shape index (κ3) is 5.30. The standard InChI is InChI=1S/C22H26N4O4S/c27-21(18-6-7-18)23-24-22(28)19-8-10-20(11-9-19)31(29,30)26-14-12-25(13-15-26)16-17-4-2-1-3-5-17/h1-5,8-11,18H,6-7,12-16H2,(H,23,27)(H,24,28). The van der Waals surface area contributed by atoms with Gasteiger partial charge in [-0.15, -0.1) is 0 Å². The first-order valence-electron chi connectivity index (χ1n) is 10.4. The van der Waals surface area contributed by atoms with Gasteiger partial charge in [-0.25, -0.2) is 8.42 Å². The van der Waals surface area contributed by atoms with Gasteiger partial charge in [-0.3, -0.25) is 25.3 Å². The quantitative estimate of drug-likeness (QED) is 0.659. The van der Waals surface area contributed by atoms with Crippen molar-refractivity contribution in [2.75, 3.05) is 26.2 Å². The molecule has 2 aromatic carbocycles. The summed E-state index contributed by atoms with van der Waals surface area (Å²) < 4.78 is 27.4. The molecule has 2 fully saturated rings. The van der Waals surface area contributed by atoms with Crippen LogP contribution in [0.3, 0.4) is 0 Å². The fourth-order valence-corrected chi connectivity index (χ4v) is 4.96. The van der Waals surface area contributed by atoms with Gasteiger partial charge in [0, 0.05) is 44.2 Å². The van der Waals surface area contributed by atoms with Gasteiger partial charge in [0.25, 0.3) is 5.91 Å². The van der Waals surface area contributed by atoms with E-state index in [9.17, 15) is 18.0 Å². The van der Waals surface area contributed by atoms with Crippen molar-refractivity contribution < 1.29 is 18.0 Å². The van der Waals surface area contributed by atoms with Crippen LogP contribution in [0.15, 0.2) is 59.5 Å². The van der Waals surface area contributed by atoms with Gasteiger partial charge < -0.3 is 0 Å². The van der Waals surface area contributed by atoms with E-state index in [0.29, 0.717) is 26.2 Å². The van der Waals surface area contributed by atoms with Crippen LogP contribution < -0.4 is 10.9 Å². The number of piperazine rings is 1. The van der Waals surface area contributed by atoms with E-state index in [4.69, 9.17) is 0 Å². The smallest absolute Gasteiger partial charge is 0.269 e. The van der Waals surface area contributed by atoms with Crippen molar-refractivity contribution in [3.63, 3.8) is 0 Å². The lowest BCUT2D eigenvalue weighted by Gasteiger charge is -2.34. The summed E-state index contributed by atoms with van der Waals surface area (Å²) >= 11 is 0. The minimum Gasteiger partial charge on any atom is -0.296 e. The monoisotopic (exact) mass is 442 g/mol. The van der Waals surface area contributed by atoms with Crippen molar-refractivity contribution in [1.82, 2.24) is 20.1 Å². The largest absolute Gasteiger partial charge is 0.296 e. The van der Waals surface area contributed by atoms with E-state index in [2.05, 4.69) is 27.9 Å². The number of nitrogens with zero attached hydrogens (tertiary/aromatic N) is 2. The van der Waals surface area contributed by atoms with Crippen molar-refractivity contribution >= 4 is 21.8 Å². The van der Waals surface area contributed by atoms with Crippen molar-refractivity contribution in [1.29, 1.82) is 0 Å². The molecular formula is C22H26N4O4S. The maximum atomic E-state index is 13.0. The molecule has 2 aromatic rings. The van der Waals surface area contributed by atoms with Crippen molar-refractivity contribution in [3.8, 4) is 0 Å². The zero-order valence-electron chi connectivity index (χ0n) is 17.2. The number of benzene rings is 2. The maximum Gasteiger partial charge on any atom is 0.269 e. The van der Waals surface area contributed by atoms with Crippen LogP contribution in [-0.4, -0.2) is 55.6 Å². The van der Waals surface area contributed by atoms with Crippen LogP contribution in [0.2, 0.25) is 0 Å². The van der Waals surface area contributed by atoms with Gasteiger partial charge >= 0.3 is 0 Å². The molecule has 2 aliphatic rings. The van der Waals surface area contributed by atoms with E-state index in [1.165, 1.54) is 34.1 Å². The summed E-state index contributed by atoms with van der Waals surface area (Å²) in [4.78, 5) is 26.2. The molecule has 8 nitrogen and oxygen atoms in total. The lowest BCUT2D eigenvalue weighted by Crippen LogP contribution is -2.48. The first-order valence-corrected chi connectivity index (χ1v) is 11.8. The van der Waals surface area contributed by atoms with Crippen molar-refractivity contribution in [2.45, 2.75) is 24.3 Å². The molecule has 0 atom stereocenters. The average molecular weight is 443 g/mol. The summed E-state index contributed by atoms with van der Waals surface area (Å²) in [7, 11) is -3.62. The third-order valence-corrected chi connectivity index (χ3v) is 7.49. The van der Waals surface area contributed by atoms with E-state index in [0.717, 1.165) is 19.4 Å². The van der Waals surface area contributed by atoms with Crippen LogP contribution in [0.25, 0.3) is 0 Å². The van der Waals surface area contributed by atoms with Gasteiger partial charge in [-0.1, -0.05) is 30.3 Å². The normalized spacial score (nSPS) is 17.8. The van der Waals surface area contributed by atoms with Crippen molar-refractivity contribution in [3.05, 3.63) is 65.7 Å². The van der Waals surface area contributed by atoms with Crippen LogP contribution in [0.5, 0.6) is 0 Å². The average Bonchev–Trinajstić information content (AvgIpc) is 3.64. The molecule has 1 aliphatic heterocycles. The fourth-order valence-electron chi connectivity index (χ4n) is 3.54. The molecule has 0 spiro atoms. The predicted octanol–water partition coefficient (Wildman–Crippen LogP) is 1.36. The van der Waals surface area contributed by atoms with Crippen molar-refractivity contribution in [2.24, 2.45) is 5.92 Å². The highest BCUT2D eigenvalue weighted by Crippen LogP contribution is 2.28. The molecule has 1 heterocycles. The van der Waals surface area contributed by atoms with E-state index in [-0.39, 0.29) is 22.3 Å². The molecule has 2 amide bonds. The van der Waals surface area contributed by atoms with Gasteiger partial charge in [0.05, 0.1) is 4.90 Å². The fraction of sp³-hybridized carbons (Fsp3) is 0.364. The minimum atomic E-state index is -3.62. The third-order valence-electron chi connectivity index (χ3n) is 5.58. The number of hydrogen-bond acceptors (Lipinski definition) is 5. The second-order valence-corrected chi connectivity index (χ2v) is 9.85. The van der Waals surface area contributed by atoms with Crippen LogP contribution >= 0.6 is 0 Å². The zero-order chi connectivity index (χ0) is 21.8. The number of sulfonamides is 1. The van der Waals surface area contributed by atoms with Gasteiger partial charge in [0.15, 0.2) is 0 Å². The number of hydrogen-bond donors (Lipinski definition) is 2. The Morgan fingerprint density at radius 2 is 1.52 bits per heavy atom. The molecule has 1 saturated carbocycles. The molecule has 164 valence electrons. The Morgan fingerprint density at radius 1 is 0.871 bits per heavy atom. The summed E-state index contributed by atoms with van der Waals surface area (Å²) in [6.07, 6.45) is 1.68. The highest BCUT2D eigenvalue weighted by atomic mass is 32.2. The maximum absolute atomic E-state index is 13.0. The van der Waals surface area contributed by atoms with E-state index < -0.39 is 15.9 Å². The van der Waals surface area contributed by atoms with Crippen LogP contribution in [0.1, 0.15) is 28.8 Å². The molecule has 1 aliphatic carbocycles. The van der Waals surface area contributed by atoms with Gasteiger partial charge in [-0.2, -0.15) is 4.31 Å². The molecule has 4 rings (SSSR count). The Morgan fingerprint density at radius 3 is 2.13 bits per heavy atom. The molecule has 0 radical (unpaired) electrons. The van der Waals surface area contributed by atoms with E-state index in [1.54, 1.807) is 0 Å². The number of rotatable bonds is 6. The first kappa shape index (κ1) is 21.5. The lowest BCUT2D eigenvalue weighted by atomic mass is 10.2. The molecule has 2 N–H and O–H groups in total. The first-order chi connectivity index (χ1) is 14.9. The second kappa shape index (κ2) is 9.17. The molecule has 9 heteroatoms. The Kier molecular flexibility index (Phi) is 6.35. The lowest BCUT2D eigenvalue weighted by molar-refractivity contribution is -0.123. The summed E-state index contributed by atoms with van der Waals surface area (Å²) in [6, 6.07) is 15.9. The summed E-state index contributed by atoms with van der Waals surface area (Å²) in [5.41, 5.74) is 6.24. The molecule has 1 saturated heterocycles. The molecule has 0 unspecified atom stereocenters. The van der Waals surface area contributed by atoms with E-state index >= 15 is 0 Å². The molecule has 31 heavy (non-hydrogen) atoms. The number of carbonyl (C=O) groups excluding carboxylic acids is 2. The molecular weight excluding hydrogens is 416 g/mol. The Bertz CT molecular complexity index is 1030. The number of hydrazine groups is 1. The summed E-state index contributed by atoms with van der Waals surface area (Å²) in [6.45, 7) is 2.97. The minimum absolute atomic E-state index is 0.0130. The second-order valence-electron chi connectivity index (χ2n) is 7.91. The Labute approximate surface area is 182 Å². The van der Waals surface area contributed by atoms with Crippen LogP contribution in [0, 0.1) is 5.92 Å². The SMILES string of the molecule is O=C(NNC(=O)C1CC1)c1ccc(S(=O)(=O)N2CCN(Cc3ccccc3)CC2)cc1. The predicted molar refractivity (Wildman–Crippen MR) is 115 cm³/mol. The van der Waals surface area contributed by atoms with Gasteiger partial charge in [0.1, 0.15) is 0 Å². The zero-order valence-corrected chi connectivity index (χ0v) is 18.0. The van der Waals surface area contributed by atoms with Gasteiger partial charge in [-0.05, 0) is 42.7 Å². The van der Waals surface area contributed by atoms with E-state index in [1.807, 2.05) is 18.2 Å². The highest BCUT2D eigenvalue weighted by molar-refractivity contribution is 7.89. The van der Waals surface area contributed by atoms with Crippen LogP contribution in [-0.2, 0) is 21.4 Å². The van der Waals surface area contributed by atoms with Crippen LogP contribution in [0.4, 0.5) is 0 Å². The Balaban J connectivity index is 1.32. The number of carbonyl (C=O) groups is 2. The van der Waals surface area contributed by atoms with Gasteiger partial charge in [0.2, 0.25) is 15.9 Å².